The van der Waals surface area contributed by atoms with Crippen molar-refractivity contribution in [2.24, 2.45) is 5.41 Å². The van der Waals surface area contributed by atoms with E-state index in [0.29, 0.717) is 38.2 Å². The minimum atomic E-state index is -0.469. The van der Waals surface area contributed by atoms with Gasteiger partial charge < -0.3 is 19.5 Å². The van der Waals surface area contributed by atoms with Crippen LogP contribution in [0.1, 0.15) is 24.8 Å². The van der Waals surface area contributed by atoms with Crippen LogP contribution in [0.3, 0.4) is 0 Å². The Bertz CT molecular complexity index is 704. The van der Waals surface area contributed by atoms with Crippen molar-refractivity contribution < 1.29 is 14.3 Å². The summed E-state index contributed by atoms with van der Waals surface area (Å²) in [6, 6.07) is 0. The van der Waals surface area contributed by atoms with E-state index in [1.807, 2.05) is 4.90 Å². The van der Waals surface area contributed by atoms with Crippen LogP contribution in [0.15, 0.2) is 17.3 Å². The molecule has 8 nitrogen and oxygen atoms in total. The van der Waals surface area contributed by atoms with Crippen LogP contribution < -0.4 is 5.56 Å². The first-order chi connectivity index (χ1) is 12.1. The molecule has 1 spiro atoms. The number of hydrogen-bond acceptors (Lipinski definition) is 5. The maximum atomic E-state index is 12.9. The maximum Gasteiger partial charge on any atom is 0.254 e. The summed E-state index contributed by atoms with van der Waals surface area (Å²) in [7, 11) is 1.63. The fourth-order valence-corrected chi connectivity index (χ4v) is 3.81. The highest BCUT2D eigenvalue weighted by molar-refractivity contribution is 5.86. The SMILES string of the molecule is COCCN1CCC[C@]2(CCN(C(=O)Cc3cnc[nH]c3=O)C2)C1=O. The van der Waals surface area contributed by atoms with Crippen LogP contribution in [0.25, 0.3) is 0 Å². The summed E-state index contributed by atoms with van der Waals surface area (Å²) in [5, 5.41) is 0. The molecule has 1 N–H and O–H groups in total. The van der Waals surface area contributed by atoms with Gasteiger partial charge in [-0.2, -0.15) is 0 Å². The number of likely N-dealkylation sites (tertiary alicyclic amines) is 2. The second-order valence-corrected chi connectivity index (χ2v) is 6.82. The first kappa shape index (κ1) is 17.6. The number of ether oxygens (including phenoxy) is 1. The molecule has 0 aromatic carbocycles. The zero-order valence-electron chi connectivity index (χ0n) is 14.5. The first-order valence-corrected chi connectivity index (χ1v) is 8.63. The Morgan fingerprint density at radius 2 is 2.20 bits per heavy atom. The van der Waals surface area contributed by atoms with Crippen LogP contribution in [0, 0.1) is 5.41 Å². The fourth-order valence-electron chi connectivity index (χ4n) is 3.81. The van der Waals surface area contributed by atoms with E-state index >= 15 is 0 Å². The van der Waals surface area contributed by atoms with Crippen molar-refractivity contribution in [2.45, 2.75) is 25.7 Å². The van der Waals surface area contributed by atoms with Crippen molar-refractivity contribution in [2.75, 3.05) is 39.9 Å². The summed E-state index contributed by atoms with van der Waals surface area (Å²) in [5.74, 6) is 0.00233. The number of carbonyl (C=O) groups is 2. The Balaban J connectivity index is 1.66. The molecular formula is C17H24N4O4. The number of aromatic amines is 1. The van der Waals surface area contributed by atoms with Gasteiger partial charge in [0.25, 0.3) is 5.56 Å². The third kappa shape index (κ3) is 3.58. The second kappa shape index (κ2) is 7.35. The Labute approximate surface area is 146 Å². The first-order valence-electron chi connectivity index (χ1n) is 8.63. The van der Waals surface area contributed by atoms with E-state index in [1.165, 1.54) is 12.5 Å². The highest BCUT2D eigenvalue weighted by Gasteiger charge is 2.49. The van der Waals surface area contributed by atoms with Crippen molar-refractivity contribution in [1.29, 1.82) is 0 Å². The van der Waals surface area contributed by atoms with E-state index in [0.717, 1.165) is 19.4 Å². The largest absolute Gasteiger partial charge is 0.383 e. The quantitative estimate of drug-likeness (QED) is 0.795. The normalized spacial score (nSPS) is 23.5. The highest BCUT2D eigenvalue weighted by Crippen LogP contribution is 2.40. The summed E-state index contributed by atoms with van der Waals surface area (Å²) in [4.78, 5) is 47.1. The van der Waals surface area contributed by atoms with Crippen LogP contribution in [-0.2, 0) is 20.7 Å². The summed E-state index contributed by atoms with van der Waals surface area (Å²) in [5.41, 5.74) is -0.412. The molecule has 25 heavy (non-hydrogen) atoms. The predicted molar refractivity (Wildman–Crippen MR) is 89.9 cm³/mol. The average Bonchev–Trinajstić information content (AvgIpc) is 3.04. The highest BCUT2D eigenvalue weighted by atomic mass is 16.5. The summed E-state index contributed by atoms with van der Waals surface area (Å²) >= 11 is 0. The molecule has 8 heteroatoms. The van der Waals surface area contributed by atoms with Crippen LogP contribution in [0.4, 0.5) is 0 Å². The molecule has 0 aliphatic carbocycles. The summed E-state index contributed by atoms with van der Waals surface area (Å²) in [6.45, 7) is 2.86. The number of methoxy groups -OCH3 is 1. The second-order valence-electron chi connectivity index (χ2n) is 6.82. The van der Waals surface area contributed by atoms with Crippen molar-refractivity contribution in [1.82, 2.24) is 19.8 Å². The minimum Gasteiger partial charge on any atom is -0.383 e. The van der Waals surface area contributed by atoms with E-state index in [9.17, 15) is 14.4 Å². The topological polar surface area (TPSA) is 95.6 Å². The third-order valence-electron chi connectivity index (χ3n) is 5.23. The maximum absolute atomic E-state index is 12.9. The monoisotopic (exact) mass is 348 g/mol. The van der Waals surface area contributed by atoms with Crippen LogP contribution in [-0.4, -0.2) is 71.5 Å². The van der Waals surface area contributed by atoms with Crippen molar-refractivity contribution in [3.63, 3.8) is 0 Å². The molecule has 0 bridgehead atoms. The summed E-state index contributed by atoms with van der Waals surface area (Å²) in [6.07, 6.45) is 5.18. The molecule has 1 aromatic heterocycles. The lowest BCUT2D eigenvalue weighted by atomic mass is 9.78. The van der Waals surface area contributed by atoms with Crippen molar-refractivity contribution >= 4 is 11.8 Å². The van der Waals surface area contributed by atoms with Gasteiger partial charge in [0.1, 0.15) is 0 Å². The average molecular weight is 348 g/mol. The third-order valence-corrected chi connectivity index (χ3v) is 5.23. The molecule has 0 radical (unpaired) electrons. The van der Waals surface area contributed by atoms with E-state index < -0.39 is 5.41 Å². The number of hydrogen-bond donors (Lipinski definition) is 1. The van der Waals surface area contributed by atoms with Crippen LogP contribution >= 0.6 is 0 Å². The van der Waals surface area contributed by atoms with Gasteiger partial charge in [-0.25, -0.2) is 4.98 Å². The lowest BCUT2D eigenvalue weighted by Crippen LogP contribution is -2.51. The zero-order valence-corrected chi connectivity index (χ0v) is 14.5. The lowest BCUT2D eigenvalue weighted by Gasteiger charge is -2.39. The molecule has 0 unspecified atom stereocenters. The Morgan fingerprint density at radius 3 is 2.96 bits per heavy atom. The van der Waals surface area contributed by atoms with Gasteiger partial charge in [0.15, 0.2) is 0 Å². The molecule has 2 fully saturated rings. The smallest absolute Gasteiger partial charge is 0.254 e. The van der Waals surface area contributed by atoms with E-state index in [2.05, 4.69) is 9.97 Å². The Morgan fingerprint density at radius 1 is 1.36 bits per heavy atom. The fraction of sp³-hybridized carbons (Fsp3) is 0.647. The molecule has 2 aliphatic heterocycles. The summed E-state index contributed by atoms with van der Waals surface area (Å²) < 4.78 is 5.08. The molecule has 2 amide bonds. The number of H-pyrrole nitrogens is 1. The van der Waals surface area contributed by atoms with E-state index in [1.54, 1.807) is 12.0 Å². The molecule has 136 valence electrons. The van der Waals surface area contributed by atoms with Crippen LogP contribution in [0.2, 0.25) is 0 Å². The number of carbonyl (C=O) groups excluding carboxylic acids is 2. The number of piperidine rings is 1. The molecule has 2 saturated heterocycles. The van der Waals surface area contributed by atoms with Gasteiger partial charge >= 0.3 is 0 Å². The van der Waals surface area contributed by atoms with Crippen molar-refractivity contribution in [3.8, 4) is 0 Å². The van der Waals surface area contributed by atoms with Crippen LogP contribution in [0.5, 0.6) is 0 Å². The zero-order chi connectivity index (χ0) is 17.9. The molecular weight excluding hydrogens is 324 g/mol. The van der Waals surface area contributed by atoms with Gasteiger partial charge in [-0.1, -0.05) is 0 Å². The van der Waals surface area contributed by atoms with Gasteiger partial charge in [0, 0.05) is 45.0 Å². The van der Waals surface area contributed by atoms with Gasteiger partial charge in [-0.3, -0.25) is 14.4 Å². The number of aromatic nitrogens is 2. The Kier molecular flexibility index (Phi) is 5.17. The lowest BCUT2D eigenvalue weighted by molar-refractivity contribution is -0.146. The minimum absolute atomic E-state index is 0.0147. The molecule has 1 atom stereocenters. The molecule has 3 heterocycles. The van der Waals surface area contributed by atoms with Crippen molar-refractivity contribution in [3.05, 3.63) is 28.4 Å². The standard InChI is InChI=1S/C17H24N4O4/c1-25-8-7-20-5-2-3-17(16(20)24)4-6-21(11-17)14(22)9-13-10-18-12-19-15(13)23/h10,12H,2-9,11H2,1H3,(H,18,19,23)/t17-/m1/s1. The van der Waals surface area contributed by atoms with E-state index in [-0.39, 0.29) is 23.8 Å². The Hall–Kier alpha value is -2.22. The number of nitrogens with zero attached hydrogens (tertiary/aromatic N) is 3. The number of nitrogens with one attached hydrogen (secondary N) is 1. The predicted octanol–water partition coefficient (Wildman–Crippen LogP) is -0.200. The number of amides is 2. The molecule has 2 aliphatic rings. The molecule has 0 saturated carbocycles. The molecule has 1 aromatic rings. The van der Waals surface area contributed by atoms with Gasteiger partial charge in [-0.05, 0) is 19.3 Å². The van der Waals surface area contributed by atoms with E-state index in [4.69, 9.17) is 4.74 Å². The van der Waals surface area contributed by atoms with Gasteiger partial charge in [-0.15, -0.1) is 0 Å². The number of rotatable bonds is 5. The molecule has 3 rings (SSSR count). The van der Waals surface area contributed by atoms with Gasteiger partial charge in [0.2, 0.25) is 11.8 Å². The van der Waals surface area contributed by atoms with Gasteiger partial charge in [0.05, 0.1) is 24.8 Å².